The molecule has 3 aromatic rings. The fourth-order valence-corrected chi connectivity index (χ4v) is 5.37. The summed E-state index contributed by atoms with van der Waals surface area (Å²) < 4.78 is 38.8. The molecule has 11 heteroatoms. The Hall–Kier alpha value is -3.54. The van der Waals surface area contributed by atoms with Gasteiger partial charge in [0.05, 0.1) is 35.0 Å². The average molecular weight is 558 g/mol. The Balaban J connectivity index is 1.90. The first-order valence-electron chi connectivity index (χ1n) is 11.9. The van der Waals surface area contributed by atoms with Crippen LogP contribution in [0, 0.1) is 0 Å². The SMILES string of the molecule is CCOc1ccc(N(CC(=O)Nc2ccccc2C(=O)NCCOC)S(=O)(=O)c2ccc(SC)cc2)cc1. The van der Waals surface area contributed by atoms with E-state index < -0.39 is 22.5 Å². The molecule has 0 aliphatic rings. The van der Waals surface area contributed by atoms with Crippen molar-refractivity contribution in [3.8, 4) is 5.75 Å². The molecule has 2 amide bonds. The molecule has 9 nitrogen and oxygen atoms in total. The van der Waals surface area contributed by atoms with E-state index in [1.807, 2.05) is 13.2 Å². The number of sulfonamides is 1. The van der Waals surface area contributed by atoms with Gasteiger partial charge in [-0.2, -0.15) is 0 Å². The number of thioether (sulfide) groups is 1. The second kappa shape index (κ2) is 13.8. The van der Waals surface area contributed by atoms with E-state index in [4.69, 9.17) is 9.47 Å². The van der Waals surface area contributed by atoms with Gasteiger partial charge in [-0.15, -0.1) is 11.8 Å². The van der Waals surface area contributed by atoms with Crippen LogP contribution in [0.2, 0.25) is 0 Å². The zero-order chi connectivity index (χ0) is 27.5. The summed E-state index contributed by atoms with van der Waals surface area (Å²) in [5.41, 5.74) is 0.809. The maximum absolute atomic E-state index is 13.7. The Morgan fingerprint density at radius 2 is 1.66 bits per heavy atom. The van der Waals surface area contributed by atoms with Crippen molar-refractivity contribution in [1.82, 2.24) is 5.32 Å². The Morgan fingerprint density at radius 1 is 0.974 bits per heavy atom. The van der Waals surface area contributed by atoms with Gasteiger partial charge in [0.25, 0.3) is 15.9 Å². The maximum atomic E-state index is 13.7. The minimum absolute atomic E-state index is 0.0508. The number of carbonyl (C=O) groups is 2. The van der Waals surface area contributed by atoms with Crippen LogP contribution in [0.5, 0.6) is 5.75 Å². The molecule has 3 aromatic carbocycles. The molecule has 0 aliphatic heterocycles. The van der Waals surface area contributed by atoms with Crippen molar-refractivity contribution >= 4 is 45.0 Å². The predicted molar refractivity (Wildman–Crippen MR) is 150 cm³/mol. The van der Waals surface area contributed by atoms with Gasteiger partial charge in [-0.1, -0.05) is 12.1 Å². The third-order valence-electron chi connectivity index (χ3n) is 5.41. The van der Waals surface area contributed by atoms with Crippen molar-refractivity contribution < 1.29 is 27.5 Å². The molecular weight excluding hydrogens is 526 g/mol. The lowest BCUT2D eigenvalue weighted by molar-refractivity contribution is -0.114. The topological polar surface area (TPSA) is 114 Å². The molecule has 0 unspecified atom stereocenters. The first-order valence-corrected chi connectivity index (χ1v) is 14.5. The van der Waals surface area contributed by atoms with Gasteiger partial charge in [0.1, 0.15) is 12.3 Å². The van der Waals surface area contributed by atoms with Gasteiger partial charge < -0.3 is 20.1 Å². The summed E-state index contributed by atoms with van der Waals surface area (Å²) >= 11 is 1.49. The number of ether oxygens (including phenoxy) is 2. The highest BCUT2D eigenvalue weighted by atomic mass is 32.2. The minimum Gasteiger partial charge on any atom is -0.494 e. The van der Waals surface area contributed by atoms with Crippen molar-refractivity contribution in [2.45, 2.75) is 16.7 Å². The van der Waals surface area contributed by atoms with Crippen LogP contribution in [0.15, 0.2) is 82.6 Å². The summed E-state index contributed by atoms with van der Waals surface area (Å²) in [7, 11) is -2.57. The summed E-state index contributed by atoms with van der Waals surface area (Å²) in [4.78, 5) is 26.8. The summed E-state index contributed by atoms with van der Waals surface area (Å²) in [6.45, 7) is 2.44. The van der Waals surface area contributed by atoms with Crippen LogP contribution >= 0.6 is 11.8 Å². The largest absolute Gasteiger partial charge is 0.494 e. The van der Waals surface area contributed by atoms with Gasteiger partial charge in [0.15, 0.2) is 0 Å². The molecule has 0 aliphatic carbocycles. The van der Waals surface area contributed by atoms with E-state index >= 15 is 0 Å². The third-order valence-corrected chi connectivity index (χ3v) is 7.94. The van der Waals surface area contributed by atoms with Gasteiger partial charge >= 0.3 is 0 Å². The second-order valence-electron chi connectivity index (χ2n) is 7.96. The van der Waals surface area contributed by atoms with Crippen molar-refractivity contribution in [2.75, 3.05) is 49.3 Å². The lowest BCUT2D eigenvalue weighted by Crippen LogP contribution is -2.38. The van der Waals surface area contributed by atoms with Crippen molar-refractivity contribution in [2.24, 2.45) is 0 Å². The Kier molecular flexibility index (Phi) is 10.6. The van der Waals surface area contributed by atoms with Crippen LogP contribution in [0.1, 0.15) is 17.3 Å². The van der Waals surface area contributed by atoms with Crippen molar-refractivity contribution in [1.29, 1.82) is 0 Å². The average Bonchev–Trinajstić information content (AvgIpc) is 2.93. The molecule has 0 aromatic heterocycles. The standard InChI is InChI=1S/C27H31N3O6S2/c1-4-36-21-11-9-20(10-12-21)30(38(33,34)23-15-13-22(37-3)14-16-23)19-26(31)29-25-8-6-5-7-24(25)27(32)28-17-18-35-2/h5-16H,4,17-19H2,1-3H3,(H,28,32)(H,29,31). The summed E-state index contributed by atoms with van der Waals surface area (Å²) in [5.74, 6) is -0.418. The normalized spacial score (nSPS) is 11.0. The van der Waals surface area contributed by atoms with Gasteiger partial charge in [-0.05, 0) is 73.8 Å². The van der Waals surface area contributed by atoms with E-state index in [2.05, 4.69) is 10.6 Å². The number of nitrogens with zero attached hydrogens (tertiary/aromatic N) is 1. The number of hydrogen-bond donors (Lipinski definition) is 2. The quantitative estimate of drug-likeness (QED) is 0.241. The molecule has 0 fully saturated rings. The van der Waals surface area contributed by atoms with Crippen LogP contribution < -0.4 is 19.7 Å². The molecule has 3 rings (SSSR count). The van der Waals surface area contributed by atoms with Crippen LogP contribution in [0.3, 0.4) is 0 Å². The molecule has 0 radical (unpaired) electrons. The van der Waals surface area contributed by atoms with Crippen molar-refractivity contribution in [3.63, 3.8) is 0 Å². The fraction of sp³-hybridized carbons (Fsp3) is 0.259. The number of rotatable bonds is 13. The van der Waals surface area contributed by atoms with Crippen molar-refractivity contribution in [3.05, 3.63) is 78.4 Å². The summed E-state index contributed by atoms with van der Waals surface area (Å²) in [5, 5.41) is 5.41. The number of benzene rings is 3. The number of para-hydroxylation sites is 1. The van der Waals surface area contributed by atoms with E-state index in [1.165, 1.54) is 31.0 Å². The van der Waals surface area contributed by atoms with Crippen LogP contribution in [0.25, 0.3) is 0 Å². The van der Waals surface area contributed by atoms with E-state index in [0.717, 1.165) is 9.20 Å². The molecule has 0 saturated heterocycles. The maximum Gasteiger partial charge on any atom is 0.264 e. The number of nitrogens with one attached hydrogen (secondary N) is 2. The Morgan fingerprint density at radius 3 is 2.29 bits per heavy atom. The molecule has 0 heterocycles. The molecule has 2 N–H and O–H groups in total. The first kappa shape index (κ1) is 29.0. The zero-order valence-electron chi connectivity index (χ0n) is 21.5. The third kappa shape index (κ3) is 7.50. The molecule has 0 bridgehead atoms. The molecular formula is C27H31N3O6S2. The van der Waals surface area contributed by atoms with Gasteiger partial charge in [-0.3, -0.25) is 13.9 Å². The number of hydrogen-bond acceptors (Lipinski definition) is 7. The van der Waals surface area contributed by atoms with E-state index in [1.54, 1.807) is 60.7 Å². The highest BCUT2D eigenvalue weighted by Crippen LogP contribution is 2.27. The van der Waals surface area contributed by atoms with Crippen LogP contribution in [-0.4, -0.2) is 59.9 Å². The molecule has 0 saturated carbocycles. The van der Waals surface area contributed by atoms with Gasteiger partial charge in [-0.25, -0.2) is 8.42 Å². The number of anilines is 2. The van der Waals surface area contributed by atoms with Crippen LogP contribution in [0.4, 0.5) is 11.4 Å². The number of methoxy groups -OCH3 is 1. The number of amides is 2. The molecule has 202 valence electrons. The zero-order valence-corrected chi connectivity index (χ0v) is 23.1. The highest BCUT2D eigenvalue weighted by molar-refractivity contribution is 7.98. The smallest absolute Gasteiger partial charge is 0.264 e. The summed E-state index contributed by atoms with van der Waals surface area (Å²) in [6.07, 6.45) is 1.90. The fourth-order valence-electron chi connectivity index (χ4n) is 3.54. The van der Waals surface area contributed by atoms with Gasteiger partial charge in [0.2, 0.25) is 5.91 Å². The minimum atomic E-state index is -4.10. The lowest BCUT2D eigenvalue weighted by Gasteiger charge is -2.24. The van der Waals surface area contributed by atoms with E-state index in [0.29, 0.717) is 31.2 Å². The van der Waals surface area contributed by atoms with Crippen LogP contribution in [-0.2, 0) is 19.6 Å². The molecule has 0 atom stereocenters. The monoisotopic (exact) mass is 557 g/mol. The second-order valence-corrected chi connectivity index (χ2v) is 10.7. The Labute approximate surface area is 227 Å². The molecule has 38 heavy (non-hydrogen) atoms. The first-order chi connectivity index (χ1) is 18.3. The number of carbonyl (C=O) groups excluding carboxylic acids is 2. The summed E-state index contributed by atoms with van der Waals surface area (Å²) in [6, 6.07) is 19.4. The highest BCUT2D eigenvalue weighted by Gasteiger charge is 2.28. The molecule has 0 spiro atoms. The van der Waals surface area contributed by atoms with E-state index in [-0.39, 0.29) is 22.1 Å². The predicted octanol–water partition coefficient (Wildman–Crippen LogP) is 4.02. The lowest BCUT2D eigenvalue weighted by atomic mass is 10.1. The van der Waals surface area contributed by atoms with Gasteiger partial charge in [0, 0.05) is 18.6 Å². The Bertz CT molecular complexity index is 1330. The van der Waals surface area contributed by atoms with E-state index in [9.17, 15) is 18.0 Å².